The van der Waals surface area contributed by atoms with Crippen LogP contribution >= 0.6 is 11.3 Å². The predicted molar refractivity (Wildman–Crippen MR) is 111 cm³/mol. The molecular formula is C21H19FN4O4S. The number of carbonyl (C=O) groups is 2. The molecule has 8 nitrogen and oxygen atoms in total. The lowest BCUT2D eigenvalue weighted by molar-refractivity contribution is -0.120. The van der Waals surface area contributed by atoms with Crippen LogP contribution in [0.2, 0.25) is 0 Å². The van der Waals surface area contributed by atoms with Gasteiger partial charge in [-0.3, -0.25) is 9.59 Å². The van der Waals surface area contributed by atoms with Gasteiger partial charge in [0.1, 0.15) is 30.3 Å². The minimum absolute atomic E-state index is 0.0476. The number of benzene rings is 1. The van der Waals surface area contributed by atoms with Gasteiger partial charge in [-0.25, -0.2) is 9.37 Å². The van der Waals surface area contributed by atoms with Gasteiger partial charge in [0.05, 0.1) is 10.9 Å². The van der Waals surface area contributed by atoms with Crippen LogP contribution < -0.4 is 11.1 Å². The average molecular weight is 442 g/mol. The maximum absolute atomic E-state index is 13.7. The number of nitrogens with zero attached hydrogens (tertiary/aromatic N) is 2. The molecule has 2 fully saturated rings. The minimum Gasteiger partial charge on any atom is -0.465 e. The molecule has 1 saturated heterocycles. The number of amides is 2. The third-order valence-electron chi connectivity index (χ3n) is 5.70. The van der Waals surface area contributed by atoms with Gasteiger partial charge in [0.25, 0.3) is 11.8 Å². The van der Waals surface area contributed by atoms with Crippen molar-refractivity contribution in [1.29, 1.82) is 0 Å². The Kier molecular flexibility index (Phi) is 4.85. The van der Waals surface area contributed by atoms with E-state index in [0.29, 0.717) is 28.8 Å². The fraction of sp³-hybridized carbons (Fsp3) is 0.286. The SMILES string of the molecule is Nc1nc(C(=O)N2C[C@@H]3C[C@@H]3[C@H]2CNC(=O)C2=COC=CO2)c(-c2cccc(F)c2)s1. The number of ether oxygens (including phenoxy) is 2. The lowest BCUT2D eigenvalue weighted by Crippen LogP contribution is -2.46. The Labute approximate surface area is 181 Å². The molecule has 0 unspecified atom stereocenters. The predicted octanol–water partition coefficient (Wildman–Crippen LogP) is 2.47. The lowest BCUT2D eigenvalue weighted by Gasteiger charge is -2.27. The van der Waals surface area contributed by atoms with Gasteiger partial charge in [0.2, 0.25) is 5.76 Å². The number of hydrogen-bond donors (Lipinski definition) is 2. The summed E-state index contributed by atoms with van der Waals surface area (Å²) in [6.45, 7) is 0.875. The van der Waals surface area contributed by atoms with Crippen molar-refractivity contribution in [2.75, 3.05) is 18.8 Å². The Bertz CT molecular complexity index is 1110. The van der Waals surface area contributed by atoms with Crippen LogP contribution in [-0.2, 0) is 14.3 Å². The van der Waals surface area contributed by atoms with E-state index in [0.717, 1.165) is 17.8 Å². The van der Waals surface area contributed by atoms with E-state index in [4.69, 9.17) is 15.2 Å². The van der Waals surface area contributed by atoms with Gasteiger partial charge in [-0.1, -0.05) is 23.5 Å². The molecule has 1 aromatic heterocycles. The summed E-state index contributed by atoms with van der Waals surface area (Å²) < 4.78 is 23.8. The third kappa shape index (κ3) is 3.74. The molecule has 0 spiro atoms. The van der Waals surface area contributed by atoms with E-state index in [1.165, 1.54) is 30.9 Å². The van der Waals surface area contributed by atoms with Crippen LogP contribution in [0.5, 0.6) is 0 Å². The molecule has 2 aromatic rings. The first kappa shape index (κ1) is 19.6. The number of carbonyl (C=O) groups excluding carboxylic acids is 2. The van der Waals surface area contributed by atoms with Crippen LogP contribution in [-0.4, -0.2) is 40.8 Å². The lowest BCUT2D eigenvalue weighted by atomic mass is 10.1. The van der Waals surface area contributed by atoms with Crippen molar-refractivity contribution >= 4 is 28.3 Å². The van der Waals surface area contributed by atoms with Gasteiger partial charge in [-0.15, -0.1) is 0 Å². The molecule has 31 heavy (non-hydrogen) atoms. The van der Waals surface area contributed by atoms with E-state index in [1.54, 1.807) is 17.0 Å². The number of anilines is 1. The number of halogens is 1. The molecular weight excluding hydrogens is 423 g/mol. The van der Waals surface area contributed by atoms with E-state index < -0.39 is 11.7 Å². The quantitative estimate of drug-likeness (QED) is 0.737. The van der Waals surface area contributed by atoms with Crippen molar-refractivity contribution in [3.63, 3.8) is 0 Å². The molecule has 5 rings (SSSR count). The van der Waals surface area contributed by atoms with Crippen LogP contribution in [0.4, 0.5) is 9.52 Å². The smallest absolute Gasteiger partial charge is 0.290 e. The molecule has 3 atom stereocenters. The zero-order chi connectivity index (χ0) is 21.5. The third-order valence-corrected chi connectivity index (χ3v) is 6.63. The first-order chi connectivity index (χ1) is 15.0. The van der Waals surface area contributed by atoms with Crippen molar-refractivity contribution in [2.45, 2.75) is 12.5 Å². The second-order valence-corrected chi connectivity index (χ2v) is 8.67. The van der Waals surface area contributed by atoms with Crippen LogP contribution in [0.1, 0.15) is 16.9 Å². The van der Waals surface area contributed by atoms with E-state index in [1.807, 2.05) is 0 Å². The first-order valence-electron chi connectivity index (χ1n) is 9.80. The highest BCUT2D eigenvalue weighted by atomic mass is 32.1. The monoisotopic (exact) mass is 442 g/mol. The second-order valence-electron chi connectivity index (χ2n) is 7.64. The summed E-state index contributed by atoms with van der Waals surface area (Å²) in [6.07, 6.45) is 4.83. The Morgan fingerprint density at radius 3 is 3.00 bits per heavy atom. The fourth-order valence-electron chi connectivity index (χ4n) is 4.16. The zero-order valence-electron chi connectivity index (χ0n) is 16.3. The summed E-state index contributed by atoms with van der Waals surface area (Å²) in [4.78, 5) is 32.2. The molecule has 160 valence electrons. The normalized spacial score (nSPS) is 23.5. The van der Waals surface area contributed by atoms with Crippen LogP contribution in [0.25, 0.3) is 10.4 Å². The van der Waals surface area contributed by atoms with Gasteiger partial charge in [-0.2, -0.15) is 0 Å². The molecule has 3 heterocycles. The molecule has 1 saturated carbocycles. The minimum atomic E-state index is -0.417. The highest BCUT2D eigenvalue weighted by Gasteiger charge is 2.54. The summed E-state index contributed by atoms with van der Waals surface area (Å²) in [5.41, 5.74) is 6.66. The van der Waals surface area contributed by atoms with E-state index in [9.17, 15) is 14.0 Å². The Balaban J connectivity index is 1.34. The number of thiazole rings is 1. The number of rotatable bonds is 5. The summed E-state index contributed by atoms with van der Waals surface area (Å²) >= 11 is 1.15. The molecule has 0 radical (unpaired) electrons. The Morgan fingerprint density at radius 1 is 1.35 bits per heavy atom. The van der Waals surface area contributed by atoms with Crippen LogP contribution in [0.15, 0.2) is 48.8 Å². The van der Waals surface area contributed by atoms with E-state index in [2.05, 4.69) is 10.3 Å². The van der Waals surface area contributed by atoms with Crippen LogP contribution in [0.3, 0.4) is 0 Å². The Hall–Kier alpha value is -3.40. The van der Waals surface area contributed by atoms with E-state index in [-0.39, 0.29) is 35.1 Å². The fourth-order valence-corrected chi connectivity index (χ4v) is 4.98. The number of nitrogen functional groups attached to an aromatic ring is 1. The van der Waals surface area contributed by atoms with Gasteiger partial charge in [0.15, 0.2) is 5.13 Å². The maximum Gasteiger partial charge on any atom is 0.290 e. The standard InChI is InChI=1S/C21H19FN4O4S/c22-13-3-1-2-11(6-13)18-17(25-21(23)31-18)20(28)26-9-12-7-14(12)15(26)8-24-19(27)16-10-29-4-5-30-16/h1-6,10,12,14-15H,7-9H2,(H2,23,25)(H,24,27)/t12-,14-,15+/m0/s1. The van der Waals surface area contributed by atoms with Gasteiger partial charge in [-0.05, 0) is 36.0 Å². The number of hydrogen-bond acceptors (Lipinski definition) is 7. The largest absolute Gasteiger partial charge is 0.465 e. The number of fused-ring (bicyclic) bond motifs is 1. The summed E-state index contributed by atoms with van der Waals surface area (Å²) in [6, 6.07) is 5.84. The summed E-state index contributed by atoms with van der Waals surface area (Å²) in [7, 11) is 0. The van der Waals surface area contributed by atoms with Crippen molar-refractivity contribution in [3.8, 4) is 10.4 Å². The number of nitrogens with one attached hydrogen (secondary N) is 1. The number of aromatic nitrogens is 1. The molecule has 2 aliphatic heterocycles. The Morgan fingerprint density at radius 2 is 2.23 bits per heavy atom. The molecule has 0 bridgehead atoms. The molecule has 3 aliphatic rings. The van der Waals surface area contributed by atoms with E-state index >= 15 is 0 Å². The average Bonchev–Trinajstić information content (AvgIpc) is 3.29. The number of piperidine rings is 1. The van der Waals surface area contributed by atoms with Crippen molar-refractivity contribution in [2.24, 2.45) is 11.8 Å². The maximum atomic E-state index is 13.7. The zero-order valence-corrected chi connectivity index (χ0v) is 17.1. The van der Waals surface area contributed by atoms with Crippen LogP contribution in [0, 0.1) is 17.7 Å². The molecule has 3 N–H and O–H groups in total. The van der Waals surface area contributed by atoms with Crippen molar-refractivity contribution in [3.05, 3.63) is 60.3 Å². The number of nitrogens with two attached hydrogens (primary N) is 1. The highest BCUT2D eigenvalue weighted by Crippen LogP contribution is 2.50. The van der Waals surface area contributed by atoms with Gasteiger partial charge in [0, 0.05) is 13.1 Å². The topological polar surface area (TPSA) is 107 Å². The molecule has 1 aromatic carbocycles. The number of likely N-dealkylation sites (tertiary alicyclic amines) is 1. The van der Waals surface area contributed by atoms with Crippen molar-refractivity contribution in [1.82, 2.24) is 15.2 Å². The second kappa shape index (κ2) is 7.69. The molecule has 1 aliphatic carbocycles. The van der Waals surface area contributed by atoms with Gasteiger partial charge >= 0.3 is 0 Å². The summed E-state index contributed by atoms with van der Waals surface area (Å²) in [5, 5.41) is 3.06. The highest BCUT2D eigenvalue weighted by molar-refractivity contribution is 7.19. The summed E-state index contributed by atoms with van der Waals surface area (Å²) in [5.74, 6) is -0.293. The molecule has 10 heteroatoms. The van der Waals surface area contributed by atoms with Gasteiger partial charge < -0.3 is 25.4 Å². The first-order valence-corrected chi connectivity index (χ1v) is 10.6. The molecule has 2 amide bonds. The van der Waals surface area contributed by atoms with Crippen molar-refractivity contribution < 1.29 is 23.5 Å².